The van der Waals surface area contributed by atoms with Crippen molar-refractivity contribution in [1.29, 1.82) is 0 Å². The first-order valence-corrected chi connectivity index (χ1v) is 14.4. The van der Waals surface area contributed by atoms with Crippen molar-refractivity contribution in [1.82, 2.24) is 0 Å². The zero-order valence-corrected chi connectivity index (χ0v) is 29.3. The zero-order chi connectivity index (χ0) is 29.1. The number of benzene rings is 3. The molecule has 1 saturated heterocycles. The summed E-state index contributed by atoms with van der Waals surface area (Å²) in [5.74, 6) is 0. The molecule has 4 rings (SSSR count). The number of rotatable bonds is 11. The van der Waals surface area contributed by atoms with Gasteiger partial charge in [0.15, 0.2) is 0 Å². The van der Waals surface area contributed by atoms with Gasteiger partial charge in [0.1, 0.15) is 6.61 Å². The first kappa shape index (κ1) is 42.3. The number of nitrogens with zero attached hydrogens (tertiary/aromatic N) is 1. The first-order valence-electron chi connectivity index (χ1n) is 14.4. The van der Waals surface area contributed by atoms with Crippen LogP contribution in [0.5, 0.6) is 0 Å². The van der Waals surface area contributed by atoms with Crippen LogP contribution in [0.1, 0.15) is 47.4 Å². The van der Waals surface area contributed by atoms with E-state index in [-0.39, 0.29) is 47.6 Å². The Bertz CT molecular complexity index is 892. The molecule has 0 saturated carbocycles. The van der Waals surface area contributed by atoms with Crippen LogP contribution < -0.4 is 32.7 Å². The molecule has 3 aromatic rings. The Morgan fingerprint density at radius 3 is 1.67 bits per heavy atom. The summed E-state index contributed by atoms with van der Waals surface area (Å²) >= 11 is 0. The Labute approximate surface area is 282 Å². The standard InChI is InChI=1S/C10H15NO.C9H18O3.2C7H9N.BrH.Mg.H/c1-3-9-12-11(2)10-7-5-4-6-8-10;1-2-6-11-12-8-9-5-3-4-7-10-9;2*1-8-7-5-3-2-4-6-7;;;/h4-8H,3,9H2,1-2H3;9H,2-8H2,1H3;2*2-6,8H,1H3;1H;;/q;;;;;+2;-1/p-1. The second-order valence-corrected chi connectivity index (χ2v) is 8.99. The van der Waals surface area contributed by atoms with Crippen LogP contribution in [-0.4, -0.2) is 76.7 Å². The monoisotopic (exact) mass is 657 g/mol. The van der Waals surface area contributed by atoms with Crippen LogP contribution in [0.4, 0.5) is 17.1 Å². The van der Waals surface area contributed by atoms with Gasteiger partial charge in [0.05, 0.1) is 25.0 Å². The molecule has 9 heteroatoms. The smallest absolute Gasteiger partial charge is 1.00 e. The molecule has 1 fully saturated rings. The van der Waals surface area contributed by atoms with Gasteiger partial charge in [0.25, 0.3) is 0 Å². The largest absolute Gasteiger partial charge is 2.00 e. The molecule has 1 unspecified atom stereocenters. The fourth-order valence-electron chi connectivity index (χ4n) is 3.36. The molecule has 1 aliphatic heterocycles. The molecule has 0 spiro atoms. The summed E-state index contributed by atoms with van der Waals surface area (Å²) in [7, 11) is 5.75. The fourth-order valence-corrected chi connectivity index (χ4v) is 3.36. The summed E-state index contributed by atoms with van der Waals surface area (Å²) in [4.78, 5) is 15.3. The summed E-state index contributed by atoms with van der Waals surface area (Å²) in [6, 6.07) is 30.2. The molecule has 1 heterocycles. The number of hydroxylamine groups is 1. The first-order chi connectivity index (χ1) is 19.6. The summed E-state index contributed by atoms with van der Waals surface area (Å²) in [6.07, 6.45) is 5.84. The summed E-state index contributed by atoms with van der Waals surface area (Å²) in [5.41, 5.74) is 3.41. The van der Waals surface area contributed by atoms with Crippen LogP contribution in [0.15, 0.2) is 91.0 Å². The van der Waals surface area contributed by atoms with Gasteiger partial charge in [-0.2, -0.15) is 0 Å². The predicted octanol–water partition coefficient (Wildman–Crippen LogP) is 4.57. The van der Waals surface area contributed by atoms with E-state index in [1.807, 2.05) is 112 Å². The van der Waals surface area contributed by atoms with Gasteiger partial charge in [-0.1, -0.05) is 68.4 Å². The Morgan fingerprint density at radius 1 is 0.762 bits per heavy atom. The van der Waals surface area contributed by atoms with Gasteiger partial charge < -0.3 is 33.8 Å². The minimum atomic E-state index is 0. The van der Waals surface area contributed by atoms with E-state index in [0.717, 1.165) is 49.5 Å². The molecular weight excluding hydrogens is 607 g/mol. The van der Waals surface area contributed by atoms with Gasteiger partial charge in [-0.25, -0.2) is 9.78 Å². The number of hydrogen-bond acceptors (Lipinski definition) is 7. The van der Waals surface area contributed by atoms with Crippen molar-refractivity contribution in [3.05, 3.63) is 91.0 Å². The summed E-state index contributed by atoms with van der Waals surface area (Å²) in [5, 5.41) is 7.85. The quantitative estimate of drug-likeness (QED) is 0.136. The van der Waals surface area contributed by atoms with E-state index in [1.54, 1.807) is 5.06 Å². The van der Waals surface area contributed by atoms with Crippen molar-refractivity contribution in [3.8, 4) is 0 Å². The van der Waals surface area contributed by atoms with Crippen LogP contribution in [0.25, 0.3) is 0 Å². The molecule has 7 nitrogen and oxygen atoms in total. The third kappa shape index (κ3) is 22.7. The molecule has 0 radical (unpaired) electrons. The van der Waals surface area contributed by atoms with Crippen LogP contribution in [0.3, 0.4) is 0 Å². The van der Waals surface area contributed by atoms with E-state index < -0.39 is 0 Å². The third-order valence-corrected chi connectivity index (χ3v) is 5.63. The topological polar surface area (TPSA) is 64.2 Å². The van der Waals surface area contributed by atoms with Gasteiger partial charge in [-0.05, 0) is 68.5 Å². The van der Waals surface area contributed by atoms with Crippen molar-refractivity contribution in [3.63, 3.8) is 0 Å². The summed E-state index contributed by atoms with van der Waals surface area (Å²) in [6.45, 7) is 7.05. The van der Waals surface area contributed by atoms with E-state index in [9.17, 15) is 0 Å². The van der Waals surface area contributed by atoms with Crippen molar-refractivity contribution in [2.45, 2.75) is 52.1 Å². The third-order valence-electron chi connectivity index (χ3n) is 5.63. The van der Waals surface area contributed by atoms with E-state index in [1.165, 1.54) is 12.8 Å². The Morgan fingerprint density at radius 2 is 1.26 bits per heavy atom. The molecule has 0 bridgehead atoms. The van der Waals surface area contributed by atoms with Gasteiger partial charge in [0, 0.05) is 39.1 Å². The van der Waals surface area contributed by atoms with Gasteiger partial charge in [0.2, 0.25) is 0 Å². The van der Waals surface area contributed by atoms with Gasteiger partial charge in [-0.15, -0.1) is 0 Å². The number of ether oxygens (including phenoxy) is 1. The van der Waals surface area contributed by atoms with Crippen molar-refractivity contribution in [2.24, 2.45) is 0 Å². The molecule has 1 aliphatic rings. The van der Waals surface area contributed by atoms with E-state index in [2.05, 4.69) is 24.5 Å². The van der Waals surface area contributed by atoms with Crippen LogP contribution in [0.2, 0.25) is 0 Å². The average molecular weight is 659 g/mol. The number of anilines is 3. The normalized spacial score (nSPS) is 13.0. The zero-order valence-electron chi connectivity index (χ0n) is 27.3. The van der Waals surface area contributed by atoms with Crippen LogP contribution in [0, 0.1) is 0 Å². The molecular formula is C33H52BrMgN3O4. The van der Waals surface area contributed by atoms with Crippen LogP contribution >= 0.6 is 0 Å². The Balaban J connectivity index is -0.000000493. The SMILES string of the molecule is CCCON(C)c1ccccc1.CCCOOCC1CCCCO1.CNc1ccccc1.CNc1ccccc1.[Br-].[H-].[Mg+2]. The van der Waals surface area contributed by atoms with Gasteiger partial charge in [-0.3, -0.25) is 9.90 Å². The number of para-hydroxylation sites is 3. The van der Waals surface area contributed by atoms with E-state index >= 15 is 0 Å². The van der Waals surface area contributed by atoms with E-state index in [0.29, 0.717) is 13.2 Å². The molecule has 0 amide bonds. The van der Waals surface area contributed by atoms with Gasteiger partial charge >= 0.3 is 23.1 Å². The fraction of sp³-hybridized carbons (Fsp3) is 0.455. The molecule has 0 aromatic heterocycles. The molecule has 232 valence electrons. The van der Waals surface area contributed by atoms with Crippen LogP contribution in [-0.2, 0) is 19.3 Å². The maximum absolute atomic E-state index is 5.45. The maximum atomic E-state index is 5.45. The van der Waals surface area contributed by atoms with Crippen molar-refractivity contribution < 1.29 is 37.8 Å². The number of hydrogen-bond donors (Lipinski definition) is 2. The van der Waals surface area contributed by atoms with E-state index in [4.69, 9.17) is 19.3 Å². The molecule has 0 aliphatic carbocycles. The summed E-state index contributed by atoms with van der Waals surface area (Å²) < 4.78 is 5.45. The second kappa shape index (κ2) is 30.6. The number of nitrogens with one attached hydrogen (secondary N) is 2. The second-order valence-electron chi connectivity index (χ2n) is 8.99. The molecule has 3 aromatic carbocycles. The predicted molar refractivity (Wildman–Crippen MR) is 176 cm³/mol. The Kier molecular flexibility index (Phi) is 30.8. The molecule has 2 N–H and O–H groups in total. The molecule has 1 atom stereocenters. The van der Waals surface area contributed by atoms with Crippen molar-refractivity contribution in [2.75, 3.05) is 63.3 Å². The molecule has 42 heavy (non-hydrogen) atoms. The Hall–Kier alpha value is -1.85. The minimum absolute atomic E-state index is 0. The maximum Gasteiger partial charge on any atom is 2.00 e. The minimum Gasteiger partial charge on any atom is -1.00 e. The average Bonchev–Trinajstić information content (AvgIpc) is 3.04. The number of halogens is 1. The van der Waals surface area contributed by atoms with Crippen molar-refractivity contribution >= 4 is 40.1 Å².